The topological polar surface area (TPSA) is 69.7 Å². The molecule has 0 aliphatic carbocycles. The Morgan fingerprint density at radius 1 is 1.20 bits per heavy atom. The van der Waals surface area contributed by atoms with E-state index in [1.165, 1.54) is 7.11 Å². The molecule has 4 aromatic rings. The van der Waals surface area contributed by atoms with E-state index in [2.05, 4.69) is 4.98 Å². The SMILES string of the molecule is COc1cc(-c2coc3cc(OCc4cncn4C)ccc23)cc2c1C(=O)N(CC(F)(F)F)CC2. The van der Waals surface area contributed by atoms with Gasteiger partial charge in [-0.3, -0.25) is 4.79 Å². The van der Waals surface area contributed by atoms with E-state index in [1.807, 2.05) is 29.8 Å². The highest BCUT2D eigenvalue weighted by molar-refractivity contribution is 6.02. The Balaban J connectivity index is 1.44. The van der Waals surface area contributed by atoms with Gasteiger partial charge in [-0.25, -0.2) is 4.98 Å². The number of alkyl halides is 3. The summed E-state index contributed by atoms with van der Waals surface area (Å²) in [7, 11) is 3.29. The lowest BCUT2D eigenvalue weighted by Gasteiger charge is -2.30. The molecule has 3 heterocycles. The van der Waals surface area contributed by atoms with E-state index in [9.17, 15) is 18.0 Å². The Labute approximate surface area is 198 Å². The summed E-state index contributed by atoms with van der Waals surface area (Å²) in [5, 5.41) is 0.834. The second-order valence-corrected chi connectivity index (χ2v) is 8.40. The minimum absolute atomic E-state index is 0.0125. The molecular formula is C25H22F3N3O4. The van der Waals surface area contributed by atoms with Gasteiger partial charge in [0.2, 0.25) is 0 Å². The zero-order valence-electron chi connectivity index (χ0n) is 19.1. The van der Waals surface area contributed by atoms with Crippen LogP contribution < -0.4 is 9.47 Å². The number of imidazole rings is 1. The molecule has 0 N–H and O–H groups in total. The number of aryl methyl sites for hydroxylation is 1. The fourth-order valence-corrected chi connectivity index (χ4v) is 4.31. The summed E-state index contributed by atoms with van der Waals surface area (Å²) in [6, 6.07) is 8.99. The van der Waals surface area contributed by atoms with Gasteiger partial charge in [0.1, 0.15) is 30.2 Å². The highest BCUT2D eigenvalue weighted by Gasteiger charge is 2.37. The standard InChI is InChI=1S/C25H22F3N3O4/c1-30-14-29-10-17(30)11-34-18-3-4-19-20(12-35-21(19)9-18)16-7-15-5-6-31(13-25(26,27)28)24(32)23(15)22(8-16)33-2/h3-4,7-10,12,14H,5-6,11,13H2,1-2H3. The zero-order valence-corrected chi connectivity index (χ0v) is 19.1. The number of methoxy groups -OCH3 is 1. The summed E-state index contributed by atoms with van der Waals surface area (Å²) in [5.41, 5.74) is 3.89. The van der Waals surface area contributed by atoms with Gasteiger partial charge in [0.05, 0.1) is 37.2 Å². The first-order valence-corrected chi connectivity index (χ1v) is 10.9. The molecule has 0 bridgehead atoms. The number of furan rings is 1. The number of nitrogens with zero attached hydrogens (tertiary/aromatic N) is 3. The van der Waals surface area contributed by atoms with E-state index in [4.69, 9.17) is 13.9 Å². The van der Waals surface area contributed by atoms with Gasteiger partial charge in [0.15, 0.2) is 0 Å². The van der Waals surface area contributed by atoms with Crippen molar-refractivity contribution in [2.24, 2.45) is 7.05 Å². The van der Waals surface area contributed by atoms with E-state index in [0.29, 0.717) is 29.9 Å². The Morgan fingerprint density at radius 2 is 2.03 bits per heavy atom. The number of hydrogen-bond donors (Lipinski definition) is 0. The molecule has 0 spiro atoms. The van der Waals surface area contributed by atoms with Gasteiger partial charge in [-0.15, -0.1) is 0 Å². The molecule has 0 saturated carbocycles. The molecule has 0 radical (unpaired) electrons. The van der Waals surface area contributed by atoms with Crippen molar-refractivity contribution in [1.29, 1.82) is 0 Å². The Morgan fingerprint density at radius 3 is 2.74 bits per heavy atom. The van der Waals surface area contributed by atoms with Crippen LogP contribution in [0.5, 0.6) is 11.5 Å². The lowest BCUT2D eigenvalue weighted by atomic mass is 9.92. The van der Waals surface area contributed by atoms with Gasteiger partial charge >= 0.3 is 6.18 Å². The molecule has 10 heteroatoms. The third kappa shape index (κ3) is 4.43. The lowest BCUT2D eigenvalue weighted by molar-refractivity contribution is -0.141. The number of aromatic nitrogens is 2. The summed E-state index contributed by atoms with van der Waals surface area (Å²) in [4.78, 5) is 17.7. The van der Waals surface area contributed by atoms with E-state index >= 15 is 0 Å². The van der Waals surface area contributed by atoms with E-state index in [-0.39, 0.29) is 17.9 Å². The molecule has 0 atom stereocenters. The lowest BCUT2D eigenvalue weighted by Crippen LogP contribution is -2.43. The van der Waals surface area contributed by atoms with Gasteiger partial charge in [-0.1, -0.05) is 0 Å². The van der Waals surface area contributed by atoms with Crippen molar-refractivity contribution in [2.75, 3.05) is 20.2 Å². The normalized spacial score (nSPS) is 13.9. The molecule has 0 fully saturated rings. The summed E-state index contributed by atoms with van der Waals surface area (Å²) in [5.74, 6) is 0.192. The predicted octanol–water partition coefficient (Wildman–Crippen LogP) is 4.98. The first kappa shape index (κ1) is 22.8. The number of ether oxygens (including phenoxy) is 2. The summed E-state index contributed by atoms with van der Waals surface area (Å²) in [6.07, 6.45) is 0.881. The monoisotopic (exact) mass is 485 g/mol. The van der Waals surface area contributed by atoms with Crippen molar-refractivity contribution in [1.82, 2.24) is 14.5 Å². The molecule has 0 saturated heterocycles. The molecule has 2 aromatic heterocycles. The van der Waals surface area contributed by atoms with Gasteiger partial charge < -0.3 is 23.4 Å². The minimum atomic E-state index is -4.46. The number of carbonyl (C=O) groups excluding carboxylic acids is 1. The molecule has 7 nitrogen and oxygen atoms in total. The Hall–Kier alpha value is -3.95. The van der Waals surface area contributed by atoms with Crippen LogP contribution in [0.3, 0.4) is 0 Å². The maximum Gasteiger partial charge on any atom is 0.406 e. The van der Waals surface area contributed by atoms with Crippen LogP contribution in [0.15, 0.2) is 53.5 Å². The Kier molecular flexibility index (Phi) is 5.66. The number of hydrogen-bond acceptors (Lipinski definition) is 5. The zero-order chi connectivity index (χ0) is 24.7. The third-order valence-electron chi connectivity index (χ3n) is 6.09. The maximum atomic E-state index is 12.9. The van der Waals surface area contributed by atoms with Crippen LogP contribution in [-0.2, 0) is 20.1 Å². The van der Waals surface area contributed by atoms with Crippen molar-refractivity contribution in [2.45, 2.75) is 19.2 Å². The van der Waals surface area contributed by atoms with E-state index in [0.717, 1.165) is 27.1 Å². The highest BCUT2D eigenvalue weighted by Crippen LogP contribution is 2.38. The molecule has 35 heavy (non-hydrogen) atoms. The molecule has 182 valence electrons. The van der Waals surface area contributed by atoms with E-state index < -0.39 is 18.6 Å². The fraction of sp³-hybridized carbons (Fsp3) is 0.280. The smallest absolute Gasteiger partial charge is 0.406 e. The van der Waals surface area contributed by atoms with Crippen LogP contribution in [0, 0.1) is 0 Å². The summed E-state index contributed by atoms with van der Waals surface area (Å²) >= 11 is 0. The van der Waals surface area contributed by atoms with Crippen molar-refractivity contribution in [3.63, 3.8) is 0 Å². The average Bonchev–Trinajstić information content (AvgIpc) is 3.43. The number of benzene rings is 2. The largest absolute Gasteiger partial charge is 0.496 e. The molecule has 1 amide bonds. The number of amides is 1. The van der Waals surface area contributed by atoms with Crippen molar-refractivity contribution in [3.8, 4) is 22.6 Å². The quantitative estimate of drug-likeness (QED) is 0.385. The van der Waals surface area contributed by atoms with Crippen LogP contribution in [-0.4, -0.2) is 46.7 Å². The van der Waals surface area contributed by atoms with E-state index in [1.54, 1.807) is 30.9 Å². The molecule has 1 aliphatic heterocycles. The first-order valence-electron chi connectivity index (χ1n) is 10.9. The first-order chi connectivity index (χ1) is 16.7. The highest BCUT2D eigenvalue weighted by atomic mass is 19.4. The number of carbonyl (C=O) groups is 1. The molecule has 0 unspecified atom stereocenters. The van der Waals surface area contributed by atoms with Crippen molar-refractivity contribution in [3.05, 3.63) is 65.9 Å². The summed E-state index contributed by atoms with van der Waals surface area (Å²) in [6.45, 7) is -0.939. The predicted molar refractivity (Wildman–Crippen MR) is 121 cm³/mol. The molecular weight excluding hydrogens is 463 g/mol. The molecule has 5 rings (SSSR count). The fourth-order valence-electron chi connectivity index (χ4n) is 4.31. The van der Waals surface area contributed by atoms with Crippen LogP contribution in [0.25, 0.3) is 22.1 Å². The average molecular weight is 485 g/mol. The van der Waals surface area contributed by atoms with Crippen molar-refractivity contribution < 1.29 is 31.9 Å². The second-order valence-electron chi connectivity index (χ2n) is 8.40. The van der Waals surface area contributed by atoms with Gasteiger partial charge in [0.25, 0.3) is 5.91 Å². The number of fused-ring (bicyclic) bond motifs is 2. The summed E-state index contributed by atoms with van der Waals surface area (Å²) < 4.78 is 57.6. The molecule has 2 aromatic carbocycles. The van der Waals surface area contributed by atoms with Gasteiger partial charge in [-0.05, 0) is 41.8 Å². The maximum absolute atomic E-state index is 12.9. The van der Waals surface area contributed by atoms with Crippen LogP contribution >= 0.6 is 0 Å². The molecule has 1 aliphatic rings. The number of rotatable bonds is 6. The van der Waals surface area contributed by atoms with Gasteiger partial charge in [-0.2, -0.15) is 13.2 Å². The van der Waals surface area contributed by atoms with Crippen LogP contribution in [0.4, 0.5) is 13.2 Å². The third-order valence-corrected chi connectivity index (χ3v) is 6.09. The van der Waals surface area contributed by atoms with Gasteiger partial charge in [0, 0.05) is 30.6 Å². The second kappa shape index (κ2) is 8.68. The van der Waals surface area contributed by atoms with Crippen molar-refractivity contribution >= 4 is 16.9 Å². The minimum Gasteiger partial charge on any atom is -0.496 e. The Bertz CT molecular complexity index is 1390. The van der Waals surface area contributed by atoms with Crippen LogP contribution in [0.2, 0.25) is 0 Å². The number of halogens is 3. The van der Waals surface area contributed by atoms with Crippen LogP contribution in [0.1, 0.15) is 21.6 Å².